The summed E-state index contributed by atoms with van der Waals surface area (Å²) in [5, 5.41) is 13.7. The van der Waals surface area contributed by atoms with E-state index in [0.29, 0.717) is 18.0 Å². The van der Waals surface area contributed by atoms with Crippen LogP contribution < -0.4 is 5.32 Å². The molecule has 0 aliphatic carbocycles. The van der Waals surface area contributed by atoms with Gasteiger partial charge in [0.2, 0.25) is 0 Å². The Morgan fingerprint density at radius 3 is 2.62 bits per heavy atom. The summed E-state index contributed by atoms with van der Waals surface area (Å²) in [7, 11) is 3.57. The van der Waals surface area contributed by atoms with Gasteiger partial charge in [0.1, 0.15) is 5.82 Å². The number of aliphatic hydroxyl groups excluding tert-OH is 1. The number of piperidine rings is 1. The second-order valence-corrected chi connectivity index (χ2v) is 8.15. The van der Waals surface area contributed by atoms with E-state index < -0.39 is 6.10 Å². The van der Waals surface area contributed by atoms with Crippen molar-refractivity contribution in [3.05, 3.63) is 35.6 Å². The van der Waals surface area contributed by atoms with Gasteiger partial charge < -0.3 is 20.2 Å². The Bertz CT molecular complexity index is 598. The molecule has 1 aromatic rings. The Hall–Kier alpha value is -1.66. The third-order valence-corrected chi connectivity index (χ3v) is 5.07. The molecule has 2 N–H and O–H groups in total. The molecule has 1 atom stereocenters. The molecule has 1 aliphatic heterocycles. The molecule has 0 aromatic heterocycles. The lowest BCUT2D eigenvalue weighted by Crippen LogP contribution is -2.47. The van der Waals surface area contributed by atoms with Crippen molar-refractivity contribution in [1.29, 1.82) is 0 Å². The lowest BCUT2D eigenvalue weighted by molar-refractivity contribution is 0.129. The molecule has 1 fully saturated rings. The zero-order valence-electron chi connectivity index (χ0n) is 16.3. The van der Waals surface area contributed by atoms with Crippen LogP contribution in [0.5, 0.6) is 0 Å². The number of carbonyl (C=O) groups is 1. The molecular weight excluding hydrogens is 333 g/mol. The summed E-state index contributed by atoms with van der Waals surface area (Å²) in [6, 6.07) is 6.18. The second kappa shape index (κ2) is 8.82. The van der Waals surface area contributed by atoms with Gasteiger partial charge in [-0.25, -0.2) is 9.18 Å². The lowest BCUT2D eigenvalue weighted by atomic mass is 9.84. The van der Waals surface area contributed by atoms with Gasteiger partial charge in [0.25, 0.3) is 0 Å². The van der Waals surface area contributed by atoms with Gasteiger partial charge in [-0.1, -0.05) is 12.1 Å². The molecule has 0 bridgehead atoms. The van der Waals surface area contributed by atoms with Crippen molar-refractivity contribution in [3.63, 3.8) is 0 Å². The third kappa shape index (κ3) is 5.95. The molecule has 6 heteroatoms. The summed E-state index contributed by atoms with van der Waals surface area (Å²) < 4.78 is 13.3. The fraction of sp³-hybridized carbons (Fsp3) is 0.650. The molecule has 2 rings (SSSR count). The Kier molecular flexibility index (Phi) is 7.01. The summed E-state index contributed by atoms with van der Waals surface area (Å²) in [6.07, 6.45) is 2.24. The molecule has 0 spiro atoms. The molecule has 1 aromatic carbocycles. The number of nitrogens with zero attached hydrogens (tertiary/aromatic N) is 2. The van der Waals surface area contributed by atoms with E-state index in [1.165, 1.54) is 12.1 Å². The van der Waals surface area contributed by atoms with E-state index in [-0.39, 0.29) is 17.4 Å². The fourth-order valence-corrected chi connectivity index (χ4v) is 3.61. The molecule has 5 nitrogen and oxygen atoms in total. The minimum absolute atomic E-state index is 0.0825. The van der Waals surface area contributed by atoms with Gasteiger partial charge in [-0.3, -0.25) is 0 Å². The normalized spacial score (nSPS) is 17.2. The van der Waals surface area contributed by atoms with Crippen LogP contribution in [0.1, 0.15) is 44.8 Å². The average Bonchev–Trinajstić information content (AvgIpc) is 2.59. The standard InChI is InChI=1S/C20H32FN3O2/c1-20(2,22-14-18(25)16-6-5-7-17(21)12-16)13-15-8-10-24(11-9-15)19(26)23(3)4/h5-7,12,15,18,22,25H,8-11,13-14H2,1-4H3/t18-/m0/s1. The molecule has 146 valence electrons. The largest absolute Gasteiger partial charge is 0.387 e. The molecular formula is C20H32FN3O2. The predicted molar refractivity (Wildman–Crippen MR) is 101 cm³/mol. The maximum atomic E-state index is 13.3. The lowest BCUT2D eigenvalue weighted by Gasteiger charge is -2.37. The van der Waals surface area contributed by atoms with E-state index in [1.807, 2.05) is 4.90 Å². The fourth-order valence-electron chi connectivity index (χ4n) is 3.61. The van der Waals surface area contributed by atoms with Crippen LogP contribution in [0.4, 0.5) is 9.18 Å². The van der Waals surface area contributed by atoms with Crippen LogP contribution in [0, 0.1) is 11.7 Å². The highest BCUT2D eigenvalue weighted by Crippen LogP contribution is 2.27. The second-order valence-electron chi connectivity index (χ2n) is 8.15. The molecule has 0 unspecified atom stereocenters. The van der Waals surface area contributed by atoms with E-state index in [0.717, 1.165) is 32.4 Å². The molecule has 2 amide bonds. The number of likely N-dealkylation sites (tertiary alicyclic amines) is 1. The predicted octanol–water partition coefficient (Wildman–Crippen LogP) is 3.01. The first-order valence-electron chi connectivity index (χ1n) is 9.33. The maximum absolute atomic E-state index is 13.3. The van der Waals surface area contributed by atoms with Crippen molar-refractivity contribution in [3.8, 4) is 0 Å². The number of halogens is 1. The van der Waals surface area contributed by atoms with Gasteiger partial charge in [0.05, 0.1) is 6.10 Å². The first-order chi connectivity index (χ1) is 12.2. The Morgan fingerprint density at radius 1 is 1.38 bits per heavy atom. The van der Waals surface area contributed by atoms with Crippen LogP contribution in [0.25, 0.3) is 0 Å². The highest BCUT2D eigenvalue weighted by Gasteiger charge is 2.29. The molecule has 1 aliphatic rings. The van der Waals surface area contributed by atoms with Gasteiger partial charge in [-0.2, -0.15) is 0 Å². The first-order valence-corrected chi connectivity index (χ1v) is 9.33. The van der Waals surface area contributed by atoms with Crippen molar-refractivity contribution in [2.75, 3.05) is 33.7 Å². The van der Waals surface area contributed by atoms with Gasteiger partial charge in [0, 0.05) is 39.3 Å². The first kappa shape index (κ1) is 20.6. The zero-order valence-corrected chi connectivity index (χ0v) is 16.3. The SMILES string of the molecule is CN(C)C(=O)N1CCC(CC(C)(C)NC[C@H](O)c2cccc(F)c2)CC1. The summed E-state index contributed by atoms with van der Waals surface area (Å²) >= 11 is 0. The topological polar surface area (TPSA) is 55.8 Å². The number of urea groups is 1. The van der Waals surface area contributed by atoms with Gasteiger partial charge in [0.15, 0.2) is 0 Å². The number of hydrogen-bond acceptors (Lipinski definition) is 3. The van der Waals surface area contributed by atoms with Gasteiger partial charge >= 0.3 is 6.03 Å². The van der Waals surface area contributed by atoms with Crippen LogP contribution in [-0.2, 0) is 0 Å². The van der Waals surface area contributed by atoms with Gasteiger partial charge in [-0.05, 0) is 56.7 Å². The Balaban J connectivity index is 1.79. The van der Waals surface area contributed by atoms with Crippen molar-refractivity contribution < 1.29 is 14.3 Å². The number of rotatable bonds is 6. The number of aliphatic hydroxyl groups is 1. The smallest absolute Gasteiger partial charge is 0.319 e. The quantitative estimate of drug-likeness (QED) is 0.815. The van der Waals surface area contributed by atoms with Gasteiger partial charge in [-0.15, -0.1) is 0 Å². The highest BCUT2D eigenvalue weighted by atomic mass is 19.1. The van der Waals surface area contributed by atoms with Crippen molar-refractivity contribution in [1.82, 2.24) is 15.1 Å². The highest BCUT2D eigenvalue weighted by molar-refractivity contribution is 5.73. The third-order valence-electron chi connectivity index (χ3n) is 5.07. The van der Waals surface area contributed by atoms with E-state index >= 15 is 0 Å². The number of amides is 2. The molecule has 0 radical (unpaired) electrons. The van der Waals surface area contributed by atoms with E-state index in [9.17, 15) is 14.3 Å². The number of β-amino-alcohol motifs (C(OH)–C–C–N with tert-alkyl or cyclic N) is 1. The van der Waals surface area contributed by atoms with Crippen LogP contribution in [0.2, 0.25) is 0 Å². The van der Waals surface area contributed by atoms with Crippen LogP contribution in [0.3, 0.4) is 0 Å². The average molecular weight is 365 g/mol. The molecule has 1 saturated heterocycles. The number of hydrogen-bond donors (Lipinski definition) is 2. The van der Waals surface area contributed by atoms with E-state index in [1.54, 1.807) is 31.1 Å². The molecule has 0 saturated carbocycles. The van der Waals surface area contributed by atoms with Crippen LogP contribution in [-0.4, -0.2) is 60.2 Å². The number of nitrogens with one attached hydrogen (secondary N) is 1. The monoisotopic (exact) mass is 365 g/mol. The Labute approximate surface area is 156 Å². The number of benzene rings is 1. The molecule has 26 heavy (non-hydrogen) atoms. The minimum Gasteiger partial charge on any atom is -0.387 e. The van der Waals surface area contributed by atoms with Crippen LogP contribution in [0.15, 0.2) is 24.3 Å². The molecule has 1 heterocycles. The zero-order chi connectivity index (χ0) is 19.3. The van der Waals surface area contributed by atoms with E-state index in [2.05, 4.69) is 19.2 Å². The van der Waals surface area contributed by atoms with Crippen LogP contribution >= 0.6 is 0 Å². The van der Waals surface area contributed by atoms with Crippen molar-refractivity contribution in [2.45, 2.75) is 44.8 Å². The minimum atomic E-state index is -0.732. The maximum Gasteiger partial charge on any atom is 0.319 e. The Morgan fingerprint density at radius 2 is 2.04 bits per heavy atom. The number of carbonyl (C=O) groups excluding carboxylic acids is 1. The van der Waals surface area contributed by atoms with Crippen molar-refractivity contribution in [2.24, 2.45) is 5.92 Å². The summed E-state index contributed by atoms with van der Waals surface area (Å²) in [5.41, 5.74) is 0.455. The summed E-state index contributed by atoms with van der Waals surface area (Å²) in [6.45, 7) is 6.23. The van der Waals surface area contributed by atoms with Crippen molar-refractivity contribution >= 4 is 6.03 Å². The summed E-state index contributed by atoms with van der Waals surface area (Å²) in [4.78, 5) is 15.5. The van der Waals surface area contributed by atoms with E-state index in [4.69, 9.17) is 0 Å². The summed E-state index contributed by atoms with van der Waals surface area (Å²) in [5.74, 6) is 0.217.